The minimum Gasteiger partial charge on any atom is -0.349 e. The van der Waals surface area contributed by atoms with Crippen LogP contribution in [-0.2, 0) is 6.54 Å². The van der Waals surface area contributed by atoms with Gasteiger partial charge in [-0.2, -0.15) is 5.10 Å². The average Bonchev–Trinajstić information content (AvgIpc) is 3.40. The number of aromatic nitrogens is 3. The number of rotatable bonds is 5. The molecule has 2 aliphatic rings. The summed E-state index contributed by atoms with van der Waals surface area (Å²) >= 11 is 1.61. The molecule has 5 rings (SSSR count). The van der Waals surface area contributed by atoms with Crippen LogP contribution in [0.1, 0.15) is 28.5 Å². The molecule has 0 spiro atoms. The van der Waals surface area contributed by atoms with Crippen molar-refractivity contribution in [2.75, 3.05) is 26.2 Å². The van der Waals surface area contributed by atoms with Gasteiger partial charge in [-0.25, -0.2) is 0 Å². The number of likely N-dealkylation sites (tertiary alicyclic amines) is 1. The highest BCUT2D eigenvalue weighted by Crippen LogP contribution is 2.34. The van der Waals surface area contributed by atoms with Crippen LogP contribution in [0.5, 0.6) is 0 Å². The van der Waals surface area contributed by atoms with E-state index in [9.17, 15) is 9.59 Å². The molecule has 1 fully saturated rings. The number of thiophene rings is 1. The topological polar surface area (TPSA) is 83.0 Å². The van der Waals surface area contributed by atoms with Gasteiger partial charge in [0.25, 0.3) is 11.5 Å². The minimum atomic E-state index is -0.154. The molecule has 2 atom stereocenters. The second-order valence-electron chi connectivity index (χ2n) is 7.86. The van der Waals surface area contributed by atoms with Crippen LogP contribution in [0.2, 0.25) is 0 Å². The number of hydrogen-bond acceptors (Lipinski definition) is 5. The van der Waals surface area contributed by atoms with Crippen molar-refractivity contribution in [2.24, 2.45) is 5.92 Å². The Labute approximate surface area is 172 Å². The van der Waals surface area contributed by atoms with Gasteiger partial charge >= 0.3 is 0 Å². The molecule has 7 nitrogen and oxygen atoms in total. The average molecular weight is 410 g/mol. The molecule has 0 radical (unpaired) electrons. The molecule has 0 aromatic carbocycles. The summed E-state index contributed by atoms with van der Waals surface area (Å²) in [5, 5.41) is 12.1. The van der Waals surface area contributed by atoms with Crippen molar-refractivity contribution in [3.05, 3.63) is 63.5 Å². The standard InChI is InChI=1S/C21H23N5O2S/c27-20-5-1-3-18-15-9-14(12-26(18)20)11-25(13-15)7-6-22-21(28)17-10-16(23-24-17)19-4-2-8-29-19/h1-5,8,10,14-15H,6-7,9,11-13H2,(H,22,28)(H,23,24)/t14-,15+/m1/s1. The summed E-state index contributed by atoms with van der Waals surface area (Å²) in [6.45, 7) is 4.09. The summed E-state index contributed by atoms with van der Waals surface area (Å²) in [4.78, 5) is 28.0. The molecule has 0 aliphatic carbocycles. The first-order valence-corrected chi connectivity index (χ1v) is 10.8. The van der Waals surface area contributed by atoms with Crippen LogP contribution < -0.4 is 10.9 Å². The fourth-order valence-electron chi connectivity index (χ4n) is 4.59. The maximum Gasteiger partial charge on any atom is 0.271 e. The molecule has 2 bridgehead atoms. The fraction of sp³-hybridized carbons (Fsp3) is 0.381. The summed E-state index contributed by atoms with van der Waals surface area (Å²) in [5.41, 5.74) is 2.54. The molecule has 150 valence electrons. The normalized spacial score (nSPS) is 21.0. The molecule has 1 amide bonds. The first-order chi connectivity index (χ1) is 14.2. The zero-order chi connectivity index (χ0) is 19.8. The molecule has 0 unspecified atom stereocenters. The number of fused-ring (bicyclic) bond motifs is 4. The third-order valence-corrected chi connectivity index (χ3v) is 6.77. The fourth-order valence-corrected chi connectivity index (χ4v) is 5.28. The van der Waals surface area contributed by atoms with Crippen LogP contribution in [-0.4, -0.2) is 51.8 Å². The van der Waals surface area contributed by atoms with Gasteiger partial charge in [-0.1, -0.05) is 12.1 Å². The largest absolute Gasteiger partial charge is 0.349 e. The van der Waals surface area contributed by atoms with Crippen molar-refractivity contribution in [3.63, 3.8) is 0 Å². The first kappa shape index (κ1) is 18.3. The Hall–Kier alpha value is -2.71. The number of hydrogen-bond donors (Lipinski definition) is 2. The SMILES string of the molecule is O=C(NCCN1C[C@H]2C[C@@H](C1)c1cccc(=O)n1C2)c1cc(-c2cccs2)[nH]n1. The van der Waals surface area contributed by atoms with Crippen molar-refractivity contribution in [3.8, 4) is 10.6 Å². The molecule has 2 aliphatic heterocycles. The molecule has 3 aromatic rings. The van der Waals surface area contributed by atoms with E-state index in [0.717, 1.165) is 48.9 Å². The number of nitrogens with zero attached hydrogens (tertiary/aromatic N) is 3. The smallest absolute Gasteiger partial charge is 0.271 e. The van der Waals surface area contributed by atoms with Crippen LogP contribution in [0.4, 0.5) is 0 Å². The highest BCUT2D eigenvalue weighted by Gasteiger charge is 2.34. The lowest BCUT2D eigenvalue weighted by Gasteiger charge is -2.42. The third kappa shape index (κ3) is 3.65. The second kappa shape index (κ2) is 7.61. The lowest BCUT2D eigenvalue weighted by molar-refractivity contribution is 0.0923. The molecule has 29 heavy (non-hydrogen) atoms. The van der Waals surface area contributed by atoms with E-state index in [0.29, 0.717) is 24.1 Å². The molecule has 2 N–H and O–H groups in total. The lowest BCUT2D eigenvalue weighted by atomic mass is 9.83. The van der Waals surface area contributed by atoms with Gasteiger partial charge in [-0.3, -0.25) is 14.7 Å². The van der Waals surface area contributed by atoms with Gasteiger partial charge in [0.05, 0.1) is 10.6 Å². The number of amides is 1. The minimum absolute atomic E-state index is 0.110. The Kier molecular flexibility index (Phi) is 4.81. The van der Waals surface area contributed by atoms with E-state index < -0.39 is 0 Å². The van der Waals surface area contributed by atoms with Gasteiger partial charge in [0.2, 0.25) is 0 Å². The molecule has 5 heterocycles. The van der Waals surface area contributed by atoms with E-state index in [1.165, 1.54) is 0 Å². The Morgan fingerprint density at radius 2 is 2.17 bits per heavy atom. The molecule has 3 aromatic heterocycles. The van der Waals surface area contributed by atoms with Crippen molar-refractivity contribution >= 4 is 17.2 Å². The summed E-state index contributed by atoms with van der Waals surface area (Å²) < 4.78 is 1.95. The van der Waals surface area contributed by atoms with Crippen molar-refractivity contribution in [1.82, 2.24) is 25.0 Å². The Morgan fingerprint density at radius 3 is 3.03 bits per heavy atom. The Morgan fingerprint density at radius 1 is 1.24 bits per heavy atom. The molecule has 8 heteroatoms. The van der Waals surface area contributed by atoms with Crippen molar-refractivity contribution in [1.29, 1.82) is 0 Å². The number of H-pyrrole nitrogens is 1. The maximum atomic E-state index is 12.4. The van der Waals surface area contributed by atoms with E-state index in [4.69, 9.17) is 0 Å². The van der Waals surface area contributed by atoms with Gasteiger partial charge in [0.1, 0.15) is 0 Å². The Bertz CT molecular complexity index is 1070. The maximum absolute atomic E-state index is 12.4. The molecule has 0 saturated carbocycles. The monoisotopic (exact) mass is 409 g/mol. The predicted molar refractivity (Wildman–Crippen MR) is 112 cm³/mol. The van der Waals surface area contributed by atoms with Gasteiger partial charge in [-0.05, 0) is 35.9 Å². The lowest BCUT2D eigenvalue weighted by Crippen LogP contribution is -2.48. The van der Waals surface area contributed by atoms with Crippen molar-refractivity contribution < 1.29 is 4.79 Å². The van der Waals surface area contributed by atoms with Crippen LogP contribution in [0.15, 0.2) is 46.6 Å². The van der Waals surface area contributed by atoms with Gasteiger partial charge in [-0.15, -0.1) is 11.3 Å². The molecule has 1 saturated heterocycles. The number of carbonyl (C=O) groups excluding carboxylic acids is 1. The number of aromatic amines is 1. The van der Waals surface area contributed by atoms with Crippen LogP contribution >= 0.6 is 11.3 Å². The van der Waals surface area contributed by atoms with Gasteiger partial charge in [0, 0.05) is 50.4 Å². The van der Waals surface area contributed by atoms with E-state index in [-0.39, 0.29) is 11.5 Å². The van der Waals surface area contributed by atoms with Crippen LogP contribution in [0.25, 0.3) is 10.6 Å². The van der Waals surface area contributed by atoms with E-state index in [1.54, 1.807) is 23.5 Å². The second-order valence-corrected chi connectivity index (χ2v) is 8.81. The van der Waals surface area contributed by atoms with E-state index in [2.05, 4.69) is 26.5 Å². The van der Waals surface area contributed by atoms with Crippen LogP contribution in [0, 0.1) is 5.92 Å². The highest BCUT2D eigenvalue weighted by molar-refractivity contribution is 7.13. The third-order valence-electron chi connectivity index (χ3n) is 5.87. The first-order valence-electron chi connectivity index (χ1n) is 9.97. The quantitative estimate of drug-likeness (QED) is 0.676. The number of pyridine rings is 1. The summed E-state index contributed by atoms with van der Waals surface area (Å²) in [5.74, 6) is 0.738. The van der Waals surface area contributed by atoms with Gasteiger partial charge < -0.3 is 14.8 Å². The number of piperidine rings is 1. The number of carbonyl (C=O) groups is 1. The zero-order valence-electron chi connectivity index (χ0n) is 16.0. The Balaban J connectivity index is 1.17. The van der Waals surface area contributed by atoms with Gasteiger partial charge in [0.15, 0.2) is 5.69 Å². The summed E-state index contributed by atoms with van der Waals surface area (Å²) in [6, 6.07) is 11.4. The molecular weight excluding hydrogens is 386 g/mol. The zero-order valence-corrected chi connectivity index (χ0v) is 16.8. The van der Waals surface area contributed by atoms with E-state index >= 15 is 0 Å². The summed E-state index contributed by atoms with van der Waals surface area (Å²) in [7, 11) is 0. The predicted octanol–water partition coefficient (Wildman–Crippen LogP) is 2.15. The molecular formula is C21H23N5O2S. The van der Waals surface area contributed by atoms with Crippen LogP contribution in [0.3, 0.4) is 0 Å². The highest BCUT2D eigenvalue weighted by atomic mass is 32.1. The van der Waals surface area contributed by atoms with Crippen molar-refractivity contribution in [2.45, 2.75) is 18.9 Å². The summed E-state index contributed by atoms with van der Waals surface area (Å²) in [6.07, 6.45) is 1.14. The van der Waals surface area contributed by atoms with E-state index in [1.807, 2.05) is 28.1 Å². The number of nitrogens with one attached hydrogen (secondary N) is 2.